The quantitative estimate of drug-likeness (QED) is 0.719. The first-order chi connectivity index (χ1) is 12.3. The minimum absolute atomic E-state index is 0.232. The summed E-state index contributed by atoms with van der Waals surface area (Å²) >= 11 is 1.52. The molecule has 1 fully saturated rings. The highest BCUT2D eigenvalue weighted by molar-refractivity contribution is 7.18. The summed E-state index contributed by atoms with van der Waals surface area (Å²) in [7, 11) is 0. The van der Waals surface area contributed by atoms with E-state index in [1.165, 1.54) is 35.5 Å². The Hall–Kier alpha value is -2.31. The first-order valence-electron chi connectivity index (χ1n) is 8.41. The minimum Gasteiger partial charge on any atom is -0.316 e. The van der Waals surface area contributed by atoms with E-state index in [1.54, 1.807) is 18.3 Å². The van der Waals surface area contributed by atoms with Gasteiger partial charge < -0.3 is 10.6 Å². The van der Waals surface area contributed by atoms with E-state index in [4.69, 9.17) is 0 Å². The fraction of sp³-hybridized carbons (Fsp3) is 0.263. The molecule has 0 amide bonds. The van der Waals surface area contributed by atoms with Crippen molar-refractivity contribution >= 4 is 22.3 Å². The molecule has 4 nitrogen and oxygen atoms in total. The summed E-state index contributed by atoms with van der Waals surface area (Å²) in [6.07, 6.45) is 6.05. The monoisotopic (exact) mass is 354 g/mol. The second-order valence-corrected chi connectivity index (χ2v) is 7.31. The molecule has 3 aromatic rings. The highest BCUT2D eigenvalue weighted by Gasteiger charge is 2.15. The maximum absolute atomic E-state index is 13.0. The molecule has 0 saturated carbocycles. The maximum atomic E-state index is 13.0. The molecule has 3 heterocycles. The zero-order valence-electron chi connectivity index (χ0n) is 13.7. The van der Waals surface area contributed by atoms with Gasteiger partial charge in [-0.2, -0.15) is 0 Å². The molecule has 0 unspecified atom stereocenters. The van der Waals surface area contributed by atoms with Gasteiger partial charge in [0.2, 0.25) is 0 Å². The van der Waals surface area contributed by atoms with Gasteiger partial charge in [0.25, 0.3) is 0 Å². The molecule has 128 valence electrons. The second kappa shape index (κ2) is 7.29. The topological polar surface area (TPSA) is 49.8 Å². The summed E-state index contributed by atoms with van der Waals surface area (Å²) in [5.74, 6) is 1.27. The van der Waals surface area contributed by atoms with Crippen LogP contribution in [0.4, 0.5) is 15.3 Å². The van der Waals surface area contributed by atoms with Crippen LogP contribution in [0.1, 0.15) is 12.0 Å². The van der Waals surface area contributed by atoms with Crippen LogP contribution in [0.15, 0.2) is 48.8 Å². The van der Waals surface area contributed by atoms with Gasteiger partial charge in [-0.15, -0.1) is 0 Å². The summed E-state index contributed by atoms with van der Waals surface area (Å²) in [5.41, 5.74) is 2.23. The Labute approximate surface area is 150 Å². The number of nitrogens with one attached hydrogen (secondary N) is 2. The van der Waals surface area contributed by atoms with Gasteiger partial charge in [-0.1, -0.05) is 29.5 Å². The number of anilines is 2. The van der Waals surface area contributed by atoms with Crippen molar-refractivity contribution in [1.29, 1.82) is 0 Å². The molecule has 4 rings (SSSR count). The van der Waals surface area contributed by atoms with Crippen molar-refractivity contribution in [2.24, 2.45) is 5.92 Å². The zero-order valence-corrected chi connectivity index (χ0v) is 14.5. The number of benzene rings is 1. The Bertz CT molecular complexity index is 823. The van der Waals surface area contributed by atoms with Crippen LogP contribution >= 0.6 is 11.3 Å². The largest absolute Gasteiger partial charge is 0.316 e. The van der Waals surface area contributed by atoms with Gasteiger partial charge in [-0.25, -0.2) is 14.4 Å². The van der Waals surface area contributed by atoms with Crippen LogP contribution in [0, 0.1) is 11.7 Å². The number of thiazole rings is 1. The van der Waals surface area contributed by atoms with Crippen LogP contribution in [0.25, 0.3) is 10.4 Å². The van der Waals surface area contributed by atoms with Crippen molar-refractivity contribution in [3.05, 3.63) is 60.2 Å². The van der Waals surface area contributed by atoms with Gasteiger partial charge in [-0.05, 0) is 61.2 Å². The van der Waals surface area contributed by atoms with Gasteiger partial charge in [0.1, 0.15) is 11.6 Å². The fourth-order valence-corrected chi connectivity index (χ4v) is 3.86. The van der Waals surface area contributed by atoms with Gasteiger partial charge in [0, 0.05) is 12.4 Å². The van der Waals surface area contributed by atoms with E-state index in [9.17, 15) is 4.39 Å². The highest BCUT2D eigenvalue weighted by Crippen LogP contribution is 2.30. The predicted molar refractivity (Wildman–Crippen MR) is 99.7 cm³/mol. The maximum Gasteiger partial charge on any atom is 0.188 e. The molecule has 0 spiro atoms. The molecule has 1 aromatic carbocycles. The van der Waals surface area contributed by atoms with Gasteiger partial charge in [0.15, 0.2) is 5.13 Å². The Kier molecular flexibility index (Phi) is 4.72. The van der Waals surface area contributed by atoms with E-state index >= 15 is 0 Å². The highest BCUT2D eigenvalue weighted by atomic mass is 32.1. The van der Waals surface area contributed by atoms with Crippen LogP contribution in [-0.2, 0) is 6.42 Å². The van der Waals surface area contributed by atoms with Crippen LogP contribution in [0.5, 0.6) is 0 Å². The molecule has 1 aliphatic heterocycles. The number of halogens is 1. The third kappa shape index (κ3) is 4.03. The minimum atomic E-state index is -0.232. The van der Waals surface area contributed by atoms with Crippen molar-refractivity contribution in [3.8, 4) is 10.4 Å². The lowest BCUT2D eigenvalue weighted by molar-refractivity contribution is 0.579. The SMILES string of the molecule is Fc1ccc(-c2cnc(Nc3ccc(C[C@@H]4CCNC4)cn3)s2)cc1. The molecule has 6 heteroatoms. The summed E-state index contributed by atoms with van der Waals surface area (Å²) < 4.78 is 13.0. The lowest BCUT2D eigenvalue weighted by Gasteiger charge is -2.08. The van der Waals surface area contributed by atoms with Crippen LogP contribution in [-0.4, -0.2) is 23.1 Å². The molecule has 2 aromatic heterocycles. The molecule has 1 atom stereocenters. The number of rotatable bonds is 5. The third-order valence-corrected chi connectivity index (χ3v) is 5.34. The lowest BCUT2D eigenvalue weighted by atomic mass is 10.00. The third-order valence-electron chi connectivity index (χ3n) is 4.38. The molecular formula is C19H19FN4S. The van der Waals surface area contributed by atoms with Gasteiger partial charge >= 0.3 is 0 Å². The fourth-order valence-electron chi connectivity index (χ4n) is 3.03. The Balaban J connectivity index is 1.41. The normalized spacial score (nSPS) is 16.9. The number of hydrogen-bond donors (Lipinski definition) is 2. The molecule has 0 aliphatic carbocycles. The summed E-state index contributed by atoms with van der Waals surface area (Å²) in [6, 6.07) is 10.6. The van der Waals surface area contributed by atoms with E-state index in [0.29, 0.717) is 0 Å². The predicted octanol–water partition coefficient (Wildman–Crippen LogP) is 4.24. The molecule has 1 aliphatic rings. The average molecular weight is 354 g/mol. The molecule has 1 saturated heterocycles. The van der Waals surface area contributed by atoms with E-state index < -0.39 is 0 Å². The van der Waals surface area contributed by atoms with E-state index in [0.717, 1.165) is 46.8 Å². The number of aromatic nitrogens is 2. The van der Waals surface area contributed by atoms with E-state index in [-0.39, 0.29) is 5.82 Å². The molecular weight excluding hydrogens is 335 g/mol. The zero-order chi connectivity index (χ0) is 17.1. The van der Waals surface area contributed by atoms with Gasteiger partial charge in [-0.3, -0.25) is 0 Å². The van der Waals surface area contributed by atoms with E-state index in [1.807, 2.05) is 12.3 Å². The van der Waals surface area contributed by atoms with Crippen molar-refractivity contribution in [3.63, 3.8) is 0 Å². The Morgan fingerprint density at radius 2 is 2.00 bits per heavy atom. The summed E-state index contributed by atoms with van der Waals surface area (Å²) in [4.78, 5) is 9.87. The van der Waals surface area contributed by atoms with Crippen LogP contribution in [0.3, 0.4) is 0 Å². The van der Waals surface area contributed by atoms with E-state index in [2.05, 4.69) is 26.7 Å². The van der Waals surface area contributed by atoms with Crippen molar-refractivity contribution in [2.75, 3.05) is 18.4 Å². The van der Waals surface area contributed by atoms with Crippen LogP contribution < -0.4 is 10.6 Å². The second-order valence-electron chi connectivity index (χ2n) is 6.28. The van der Waals surface area contributed by atoms with Crippen LogP contribution in [0.2, 0.25) is 0 Å². The average Bonchev–Trinajstić information content (AvgIpc) is 3.29. The number of hydrogen-bond acceptors (Lipinski definition) is 5. The number of nitrogens with zero attached hydrogens (tertiary/aromatic N) is 2. The molecule has 25 heavy (non-hydrogen) atoms. The lowest BCUT2D eigenvalue weighted by Crippen LogP contribution is -2.10. The summed E-state index contributed by atoms with van der Waals surface area (Å²) in [6.45, 7) is 2.23. The molecule has 2 N–H and O–H groups in total. The summed E-state index contributed by atoms with van der Waals surface area (Å²) in [5, 5.41) is 7.41. The van der Waals surface area contributed by atoms with Crippen molar-refractivity contribution in [2.45, 2.75) is 12.8 Å². The Morgan fingerprint density at radius 1 is 1.12 bits per heavy atom. The van der Waals surface area contributed by atoms with Crippen molar-refractivity contribution < 1.29 is 4.39 Å². The molecule has 0 radical (unpaired) electrons. The Morgan fingerprint density at radius 3 is 2.72 bits per heavy atom. The number of pyridine rings is 1. The van der Waals surface area contributed by atoms with Gasteiger partial charge in [0.05, 0.1) is 4.88 Å². The van der Waals surface area contributed by atoms with Crippen molar-refractivity contribution in [1.82, 2.24) is 15.3 Å². The first kappa shape index (κ1) is 16.2. The first-order valence-corrected chi connectivity index (χ1v) is 9.22. The standard InChI is InChI=1S/C19H19FN4S/c20-16-4-2-15(3-5-16)17-12-23-19(25-17)24-18-6-1-13(11-22-18)9-14-7-8-21-10-14/h1-6,11-12,14,21H,7-10H2,(H,22,23,24)/t14-/m0/s1. The smallest absolute Gasteiger partial charge is 0.188 e. The molecule has 0 bridgehead atoms.